The lowest BCUT2D eigenvalue weighted by Gasteiger charge is -2.35. The minimum Gasteiger partial charge on any atom is -0.364 e. The van der Waals surface area contributed by atoms with Gasteiger partial charge in [-0.2, -0.15) is 4.31 Å². The van der Waals surface area contributed by atoms with Crippen molar-refractivity contribution in [3.8, 4) is 0 Å². The molecule has 1 N–H and O–H groups in total. The van der Waals surface area contributed by atoms with Gasteiger partial charge in [-0.05, 0) is 25.7 Å². The van der Waals surface area contributed by atoms with Gasteiger partial charge in [-0.3, -0.25) is 4.99 Å². The predicted octanol–water partition coefficient (Wildman–Crippen LogP) is 3.07. The number of rotatable bonds is 8. The lowest BCUT2D eigenvalue weighted by Crippen LogP contribution is -2.53. The molecule has 0 radical (unpaired) electrons. The molecule has 1 saturated heterocycles. The van der Waals surface area contributed by atoms with Gasteiger partial charge in [-0.15, -0.1) is 24.0 Å². The van der Waals surface area contributed by atoms with E-state index in [2.05, 4.69) is 22.3 Å². The Morgan fingerprint density at radius 2 is 1.97 bits per heavy atom. The smallest absolute Gasteiger partial charge is 0.220 e. The normalized spacial score (nSPS) is 19.5. The van der Waals surface area contributed by atoms with E-state index in [1.807, 2.05) is 0 Å². The monoisotopic (exact) mass is 553 g/mol. The molecule has 8 nitrogen and oxygen atoms in total. The maximum absolute atomic E-state index is 12.6. The Morgan fingerprint density at radius 3 is 2.60 bits per heavy atom. The van der Waals surface area contributed by atoms with Crippen LogP contribution < -0.4 is 5.32 Å². The Kier molecular flexibility index (Phi) is 10.9. The summed E-state index contributed by atoms with van der Waals surface area (Å²) < 4.78 is 31.5. The molecule has 172 valence electrons. The van der Waals surface area contributed by atoms with Crippen LogP contribution >= 0.6 is 24.0 Å². The van der Waals surface area contributed by atoms with Crippen LogP contribution in [0.2, 0.25) is 0 Å². The Morgan fingerprint density at radius 1 is 1.23 bits per heavy atom. The van der Waals surface area contributed by atoms with Crippen LogP contribution in [0, 0.1) is 5.92 Å². The van der Waals surface area contributed by atoms with E-state index in [9.17, 15) is 8.42 Å². The number of piperazine rings is 1. The molecular formula is C20H36IN5O3S. The lowest BCUT2D eigenvalue weighted by atomic mass is 9.86. The minimum atomic E-state index is -3.38. The molecular weight excluding hydrogens is 517 g/mol. The number of nitrogens with one attached hydrogen (secondary N) is 1. The highest BCUT2D eigenvalue weighted by Crippen LogP contribution is 2.27. The van der Waals surface area contributed by atoms with Crippen LogP contribution in [-0.2, 0) is 15.8 Å². The maximum Gasteiger partial charge on any atom is 0.220 e. The topological polar surface area (TPSA) is 91.0 Å². The third kappa shape index (κ3) is 7.67. The van der Waals surface area contributed by atoms with Crippen molar-refractivity contribution in [2.75, 3.05) is 39.3 Å². The van der Waals surface area contributed by atoms with Crippen molar-refractivity contribution in [3.63, 3.8) is 0 Å². The van der Waals surface area contributed by atoms with E-state index in [-0.39, 0.29) is 29.7 Å². The molecule has 3 rings (SSSR count). The van der Waals surface area contributed by atoms with Crippen molar-refractivity contribution in [3.05, 3.63) is 18.0 Å². The molecule has 0 aromatic carbocycles. The fourth-order valence-corrected chi connectivity index (χ4v) is 5.66. The summed E-state index contributed by atoms with van der Waals surface area (Å²) in [5.74, 6) is 1.68. The highest BCUT2D eigenvalue weighted by Gasteiger charge is 2.29. The van der Waals surface area contributed by atoms with Crippen LogP contribution in [0.1, 0.15) is 57.6 Å². The Bertz CT molecular complexity index is 728. The van der Waals surface area contributed by atoms with Gasteiger partial charge >= 0.3 is 0 Å². The number of guanidine groups is 1. The molecule has 1 aromatic heterocycles. The number of aromatic nitrogens is 1. The third-order valence-corrected chi connectivity index (χ3v) is 7.66. The molecule has 2 aliphatic rings. The van der Waals surface area contributed by atoms with Gasteiger partial charge < -0.3 is 14.7 Å². The SMILES string of the molecule is CCNC(=NCCCC1CCCCC1)N1CCN(S(=O)(=O)Cc2ccon2)CC1.I. The molecule has 1 aromatic rings. The number of nitrogens with zero attached hydrogens (tertiary/aromatic N) is 4. The number of halogens is 1. The van der Waals surface area contributed by atoms with Crippen LogP contribution in [0.5, 0.6) is 0 Å². The van der Waals surface area contributed by atoms with E-state index in [0.29, 0.717) is 31.9 Å². The molecule has 1 saturated carbocycles. The Labute approximate surface area is 197 Å². The van der Waals surface area contributed by atoms with E-state index < -0.39 is 10.0 Å². The zero-order valence-corrected chi connectivity index (χ0v) is 21.1. The largest absolute Gasteiger partial charge is 0.364 e. The minimum absolute atomic E-state index is 0. The number of aliphatic imine (C=N–C) groups is 1. The first-order valence-corrected chi connectivity index (χ1v) is 12.6. The second-order valence-electron chi connectivity index (χ2n) is 8.02. The highest BCUT2D eigenvalue weighted by molar-refractivity contribution is 14.0. The van der Waals surface area contributed by atoms with Crippen molar-refractivity contribution in [2.24, 2.45) is 10.9 Å². The molecule has 0 spiro atoms. The zero-order chi connectivity index (χ0) is 20.5. The van der Waals surface area contributed by atoms with Gasteiger partial charge in [0.05, 0.1) is 5.69 Å². The van der Waals surface area contributed by atoms with E-state index >= 15 is 0 Å². The van der Waals surface area contributed by atoms with E-state index in [1.165, 1.54) is 44.8 Å². The molecule has 0 atom stereocenters. The molecule has 0 bridgehead atoms. The Hall–Kier alpha value is -0.880. The molecule has 2 heterocycles. The van der Waals surface area contributed by atoms with Crippen molar-refractivity contribution < 1.29 is 12.9 Å². The first kappa shape index (κ1) is 25.4. The predicted molar refractivity (Wildman–Crippen MR) is 129 cm³/mol. The van der Waals surface area contributed by atoms with Gasteiger partial charge in [-0.1, -0.05) is 37.3 Å². The second-order valence-corrected chi connectivity index (χ2v) is 9.98. The molecule has 10 heteroatoms. The molecule has 30 heavy (non-hydrogen) atoms. The highest BCUT2D eigenvalue weighted by atomic mass is 127. The maximum atomic E-state index is 12.6. The number of hydrogen-bond donors (Lipinski definition) is 1. The van der Waals surface area contributed by atoms with E-state index in [4.69, 9.17) is 9.52 Å². The summed E-state index contributed by atoms with van der Waals surface area (Å²) in [7, 11) is -3.38. The van der Waals surface area contributed by atoms with E-state index in [0.717, 1.165) is 31.4 Å². The fourth-order valence-electron chi connectivity index (χ4n) is 4.23. The van der Waals surface area contributed by atoms with Crippen molar-refractivity contribution in [2.45, 2.75) is 57.6 Å². The standard InChI is InChI=1S/C20H35N5O3S.HI/c1-2-21-20(22-11-6-9-18-7-4-3-5-8-18)24-12-14-25(15-13-24)29(26,27)17-19-10-16-28-23-19;/h10,16,18H,2-9,11-15,17H2,1H3,(H,21,22);1H. The van der Waals surface area contributed by atoms with Crippen LogP contribution in [0.4, 0.5) is 0 Å². The van der Waals surface area contributed by atoms with Crippen LogP contribution in [0.25, 0.3) is 0 Å². The summed E-state index contributed by atoms with van der Waals surface area (Å²) in [5, 5.41) is 7.09. The van der Waals surface area contributed by atoms with Crippen LogP contribution in [0.15, 0.2) is 21.8 Å². The second kappa shape index (κ2) is 12.8. The van der Waals surface area contributed by atoms with Gasteiger partial charge in [0.2, 0.25) is 10.0 Å². The van der Waals surface area contributed by atoms with Gasteiger partial charge in [-0.25, -0.2) is 8.42 Å². The quantitative estimate of drug-likeness (QED) is 0.230. The van der Waals surface area contributed by atoms with Gasteiger partial charge in [0.25, 0.3) is 0 Å². The summed E-state index contributed by atoms with van der Waals surface area (Å²) in [5.41, 5.74) is 0.445. The Balaban J connectivity index is 0.00000320. The van der Waals surface area contributed by atoms with Crippen molar-refractivity contribution in [1.82, 2.24) is 19.7 Å². The summed E-state index contributed by atoms with van der Waals surface area (Å²) >= 11 is 0. The molecule has 0 unspecified atom stereocenters. The summed E-state index contributed by atoms with van der Waals surface area (Å²) in [6.45, 7) is 5.93. The fraction of sp³-hybridized carbons (Fsp3) is 0.800. The first-order chi connectivity index (χ1) is 14.1. The van der Waals surface area contributed by atoms with Crippen LogP contribution in [-0.4, -0.2) is 68.0 Å². The molecule has 0 amide bonds. The number of hydrogen-bond acceptors (Lipinski definition) is 5. The summed E-state index contributed by atoms with van der Waals surface area (Å²) in [4.78, 5) is 6.98. The summed E-state index contributed by atoms with van der Waals surface area (Å²) in [6, 6.07) is 1.59. The molecule has 1 aliphatic carbocycles. The van der Waals surface area contributed by atoms with E-state index in [1.54, 1.807) is 10.4 Å². The van der Waals surface area contributed by atoms with Gasteiger partial charge in [0.15, 0.2) is 5.96 Å². The average Bonchev–Trinajstić information content (AvgIpc) is 3.23. The first-order valence-electron chi connectivity index (χ1n) is 11.0. The van der Waals surface area contributed by atoms with Crippen LogP contribution in [0.3, 0.4) is 0 Å². The third-order valence-electron chi connectivity index (χ3n) is 5.84. The van der Waals surface area contributed by atoms with Crippen molar-refractivity contribution in [1.29, 1.82) is 0 Å². The molecule has 2 fully saturated rings. The average molecular weight is 554 g/mol. The summed E-state index contributed by atoms with van der Waals surface area (Å²) in [6.07, 6.45) is 10.8. The van der Waals surface area contributed by atoms with Crippen molar-refractivity contribution >= 4 is 40.0 Å². The zero-order valence-electron chi connectivity index (χ0n) is 18.0. The van der Waals surface area contributed by atoms with Gasteiger partial charge in [0, 0.05) is 45.3 Å². The van der Waals surface area contributed by atoms with Gasteiger partial charge in [0.1, 0.15) is 12.0 Å². The lowest BCUT2D eigenvalue weighted by molar-refractivity contribution is 0.259. The number of sulfonamides is 1. The molecule has 1 aliphatic heterocycles.